The van der Waals surface area contributed by atoms with Crippen molar-refractivity contribution in [3.63, 3.8) is 0 Å². The Hall–Kier alpha value is -0.650. The van der Waals surface area contributed by atoms with Gasteiger partial charge in [0.2, 0.25) is 0 Å². The molecule has 0 radical (unpaired) electrons. The highest BCUT2D eigenvalue weighted by atomic mass is 16.4. The molecule has 1 aliphatic rings. The SMILES string of the molecule is CC(O)(CNCC1(CCO)CC1)C(=O)O. The lowest BCUT2D eigenvalue weighted by atomic mass is 10.0. The van der Waals surface area contributed by atoms with Crippen LogP contribution in [0.2, 0.25) is 0 Å². The number of hydrogen-bond donors (Lipinski definition) is 4. The van der Waals surface area contributed by atoms with Crippen LogP contribution < -0.4 is 5.32 Å². The van der Waals surface area contributed by atoms with Gasteiger partial charge in [-0.3, -0.25) is 0 Å². The molecule has 1 aliphatic carbocycles. The molecule has 0 heterocycles. The maximum absolute atomic E-state index is 10.6. The highest BCUT2D eigenvalue weighted by Gasteiger charge is 2.42. The van der Waals surface area contributed by atoms with Crippen LogP contribution >= 0.6 is 0 Å². The monoisotopic (exact) mass is 217 g/mol. The fourth-order valence-corrected chi connectivity index (χ4v) is 1.58. The van der Waals surface area contributed by atoms with Gasteiger partial charge in [-0.05, 0) is 31.6 Å². The van der Waals surface area contributed by atoms with E-state index in [9.17, 15) is 9.90 Å². The van der Waals surface area contributed by atoms with Crippen LogP contribution in [0.5, 0.6) is 0 Å². The van der Waals surface area contributed by atoms with Crippen LogP contribution in [0.3, 0.4) is 0 Å². The molecule has 0 aromatic carbocycles. The van der Waals surface area contributed by atoms with Gasteiger partial charge in [-0.15, -0.1) is 0 Å². The van der Waals surface area contributed by atoms with Crippen LogP contribution in [-0.4, -0.2) is 46.6 Å². The molecule has 1 rings (SSSR count). The van der Waals surface area contributed by atoms with Gasteiger partial charge < -0.3 is 20.6 Å². The first kappa shape index (κ1) is 12.4. The van der Waals surface area contributed by atoms with Crippen molar-refractivity contribution in [1.82, 2.24) is 5.32 Å². The zero-order chi connectivity index (χ0) is 11.5. The van der Waals surface area contributed by atoms with Crippen molar-refractivity contribution in [2.75, 3.05) is 19.7 Å². The average Bonchev–Trinajstić information content (AvgIpc) is 2.85. The second-order valence-electron chi connectivity index (χ2n) is 4.66. The summed E-state index contributed by atoms with van der Waals surface area (Å²) in [6.45, 7) is 2.14. The van der Waals surface area contributed by atoms with Crippen molar-refractivity contribution in [1.29, 1.82) is 0 Å². The third-order valence-corrected chi connectivity index (χ3v) is 3.03. The van der Waals surface area contributed by atoms with Gasteiger partial charge in [0.15, 0.2) is 5.60 Å². The number of aliphatic carboxylic acids is 1. The molecule has 88 valence electrons. The second-order valence-corrected chi connectivity index (χ2v) is 4.66. The standard InChI is InChI=1S/C10H19NO4/c1-9(15,8(13)14)6-11-7-10(2-3-10)4-5-12/h11-12,15H,2-7H2,1H3,(H,13,14). The number of carboxylic acid groups (broad SMARTS) is 1. The van der Waals surface area contributed by atoms with Crippen molar-refractivity contribution >= 4 is 5.97 Å². The van der Waals surface area contributed by atoms with Crippen LogP contribution in [0, 0.1) is 5.41 Å². The number of hydrogen-bond acceptors (Lipinski definition) is 4. The Balaban J connectivity index is 2.24. The highest BCUT2D eigenvalue weighted by molar-refractivity contribution is 5.76. The summed E-state index contributed by atoms with van der Waals surface area (Å²) in [5.41, 5.74) is -1.57. The van der Waals surface area contributed by atoms with Gasteiger partial charge in [0.05, 0.1) is 0 Å². The summed E-state index contributed by atoms with van der Waals surface area (Å²) in [4.78, 5) is 10.6. The fourth-order valence-electron chi connectivity index (χ4n) is 1.58. The number of carbonyl (C=O) groups is 1. The first-order chi connectivity index (χ1) is 6.92. The molecule has 0 aromatic rings. The van der Waals surface area contributed by atoms with Gasteiger partial charge >= 0.3 is 5.97 Å². The number of aliphatic hydroxyl groups is 2. The predicted octanol–water partition coefficient (Wildman–Crippen LogP) is -0.426. The fraction of sp³-hybridized carbons (Fsp3) is 0.900. The molecule has 5 heteroatoms. The quantitative estimate of drug-likeness (QED) is 0.465. The van der Waals surface area contributed by atoms with Crippen LogP contribution in [0.1, 0.15) is 26.2 Å². The molecule has 15 heavy (non-hydrogen) atoms. The number of rotatable bonds is 7. The number of nitrogens with one attached hydrogen (secondary N) is 1. The zero-order valence-corrected chi connectivity index (χ0v) is 8.99. The lowest BCUT2D eigenvalue weighted by Gasteiger charge is -2.21. The van der Waals surface area contributed by atoms with Gasteiger partial charge in [0.25, 0.3) is 0 Å². The topological polar surface area (TPSA) is 89.8 Å². The first-order valence-corrected chi connectivity index (χ1v) is 5.19. The Morgan fingerprint density at radius 1 is 1.53 bits per heavy atom. The van der Waals surface area contributed by atoms with E-state index in [4.69, 9.17) is 10.2 Å². The lowest BCUT2D eigenvalue weighted by Crippen LogP contribution is -2.46. The van der Waals surface area contributed by atoms with Gasteiger partial charge in [-0.1, -0.05) is 0 Å². The van der Waals surface area contributed by atoms with E-state index < -0.39 is 11.6 Å². The molecule has 0 aromatic heterocycles. The predicted molar refractivity (Wildman–Crippen MR) is 54.5 cm³/mol. The van der Waals surface area contributed by atoms with Crippen LogP contribution in [0.4, 0.5) is 0 Å². The van der Waals surface area contributed by atoms with Crippen molar-refractivity contribution < 1.29 is 20.1 Å². The Labute approximate surface area is 89.1 Å². The minimum atomic E-state index is -1.71. The third-order valence-electron chi connectivity index (χ3n) is 3.03. The Bertz CT molecular complexity index is 236. The van der Waals surface area contributed by atoms with Crippen molar-refractivity contribution in [3.05, 3.63) is 0 Å². The highest BCUT2D eigenvalue weighted by Crippen LogP contribution is 2.47. The van der Waals surface area contributed by atoms with Crippen LogP contribution in [0.15, 0.2) is 0 Å². The Morgan fingerprint density at radius 3 is 2.53 bits per heavy atom. The van der Waals surface area contributed by atoms with E-state index in [-0.39, 0.29) is 18.6 Å². The van der Waals surface area contributed by atoms with Gasteiger partial charge in [0, 0.05) is 19.7 Å². The van der Waals surface area contributed by atoms with E-state index in [1.165, 1.54) is 6.92 Å². The van der Waals surface area contributed by atoms with Gasteiger partial charge in [-0.25, -0.2) is 4.79 Å². The summed E-state index contributed by atoms with van der Waals surface area (Å²) in [5.74, 6) is -1.22. The van der Waals surface area contributed by atoms with E-state index in [2.05, 4.69) is 5.32 Å². The van der Waals surface area contributed by atoms with Crippen molar-refractivity contribution in [2.45, 2.75) is 31.8 Å². The molecular weight excluding hydrogens is 198 g/mol. The van der Waals surface area contributed by atoms with Crippen LogP contribution in [0.25, 0.3) is 0 Å². The molecule has 1 fully saturated rings. The molecular formula is C10H19NO4. The molecule has 0 aliphatic heterocycles. The lowest BCUT2D eigenvalue weighted by molar-refractivity contribution is -0.156. The summed E-state index contributed by atoms with van der Waals surface area (Å²) in [6, 6.07) is 0. The first-order valence-electron chi connectivity index (χ1n) is 5.19. The minimum absolute atomic E-state index is 0.0372. The Morgan fingerprint density at radius 2 is 2.13 bits per heavy atom. The van der Waals surface area contributed by atoms with Crippen LogP contribution in [-0.2, 0) is 4.79 Å². The minimum Gasteiger partial charge on any atom is -0.479 e. The molecule has 4 N–H and O–H groups in total. The van der Waals surface area contributed by atoms with E-state index in [0.29, 0.717) is 6.54 Å². The molecule has 1 atom stereocenters. The molecule has 1 unspecified atom stereocenters. The zero-order valence-electron chi connectivity index (χ0n) is 8.99. The van der Waals surface area contributed by atoms with Crippen molar-refractivity contribution in [2.24, 2.45) is 5.41 Å². The molecule has 0 bridgehead atoms. The smallest absolute Gasteiger partial charge is 0.336 e. The van der Waals surface area contributed by atoms with Gasteiger partial charge in [0.1, 0.15) is 0 Å². The largest absolute Gasteiger partial charge is 0.479 e. The van der Waals surface area contributed by atoms with E-state index >= 15 is 0 Å². The van der Waals surface area contributed by atoms with E-state index in [1.54, 1.807) is 0 Å². The Kier molecular flexibility index (Phi) is 3.70. The van der Waals surface area contributed by atoms with E-state index in [1.807, 2.05) is 0 Å². The summed E-state index contributed by atoms with van der Waals surface area (Å²) < 4.78 is 0. The third kappa shape index (κ3) is 3.44. The molecule has 5 nitrogen and oxygen atoms in total. The summed E-state index contributed by atoms with van der Waals surface area (Å²) >= 11 is 0. The molecule has 1 saturated carbocycles. The second kappa shape index (κ2) is 4.47. The van der Waals surface area contributed by atoms with Crippen molar-refractivity contribution in [3.8, 4) is 0 Å². The van der Waals surface area contributed by atoms with Gasteiger partial charge in [-0.2, -0.15) is 0 Å². The number of aliphatic hydroxyl groups excluding tert-OH is 1. The molecule has 0 spiro atoms. The number of carboxylic acids is 1. The normalized spacial score (nSPS) is 22.1. The molecule has 0 saturated heterocycles. The summed E-state index contributed by atoms with van der Waals surface area (Å²) in [5, 5.41) is 29.9. The maximum Gasteiger partial charge on any atom is 0.336 e. The summed E-state index contributed by atoms with van der Waals surface area (Å²) in [6.07, 6.45) is 2.88. The molecule has 0 amide bonds. The summed E-state index contributed by atoms with van der Waals surface area (Å²) in [7, 11) is 0. The van der Waals surface area contributed by atoms with E-state index in [0.717, 1.165) is 19.3 Å². The maximum atomic E-state index is 10.6. The average molecular weight is 217 g/mol.